The van der Waals surface area contributed by atoms with Crippen molar-refractivity contribution >= 4 is 17.4 Å². The van der Waals surface area contributed by atoms with Gasteiger partial charge in [-0.3, -0.25) is 4.79 Å². The molecule has 4 heteroatoms. The average molecular weight is 219 g/mol. The molecule has 0 saturated carbocycles. The number of nitrogens with zero attached hydrogens (tertiary/aromatic N) is 2. The molecule has 15 heavy (non-hydrogen) atoms. The molecule has 0 radical (unpaired) electrons. The second kappa shape index (κ2) is 4.59. The van der Waals surface area contributed by atoms with Crippen LogP contribution in [0.15, 0.2) is 18.2 Å². The molecular weight excluding hydrogens is 212 g/mol. The van der Waals surface area contributed by atoms with Crippen LogP contribution in [0.3, 0.4) is 0 Å². The van der Waals surface area contributed by atoms with Crippen molar-refractivity contribution in [1.82, 2.24) is 0 Å². The summed E-state index contributed by atoms with van der Waals surface area (Å²) in [5, 5.41) is 17.6. The molecule has 0 spiro atoms. The summed E-state index contributed by atoms with van der Waals surface area (Å²) in [5.74, 6) is -1.76. The van der Waals surface area contributed by atoms with E-state index in [0.29, 0.717) is 16.1 Å². The minimum atomic E-state index is -1.26. The number of nitriles is 2. The lowest BCUT2D eigenvalue weighted by Gasteiger charge is -2.04. The SMILES string of the molecule is Cc1ccc(Cl)cc1C(=O)C(C#N)C#N. The maximum absolute atomic E-state index is 11.7. The van der Waals surface area contributed by atoms with Crippen LogP contribution >= 0.6 is 11.6 Å². The van der Waals surface area contributed by atoms with E-state index in [0.717, 1.165) is 0 Å². The highest BCUT2D eigenvalue weighted by Crippen LogP contribution is 2.18. The van der Waals surface area contributed by atoms with E-state index in [-0.39, 0.29) is 0 Å². The number of hydrogen-bond donors (Lipinski definition) is 0. The third-order valence-electron chi connectivity index (χ3n) is 1.99. The molecule has 0 amide bonds. The molecule has 0 aromatic heterocycles. The number of carbonyl (C=O) groups excluding carboxylic acids is 1. The van der Waals surface area contributed by atoms with E-state index < -0.39 is 11.7 Å². The fourth-order valence-electron chi connectivity index (χ4n) is 1.16. The Morgan fingerprint density at radius 1 is 1.40 bits per heavy atom. The van der Waals surface area contributed by atoms with Crippen molar-refractivity contribution in [3.05, 3.63) is 34.3 Å². The molecular formula is C11H7ClN2O. The van der Waals surface area contributed by atoms with Crippen LogP contribution in [0.4, 0.5) is 0 Å². The van der Waals surface area contributed by atoms with Crippen molar-refractivity contribution < 1.29 is 4.79 Å². The highest BCUT2D eigenvalue weighted by molar-refractivity contribution is 6.31. The van der Waals surface area contributed by atoms with Gasteiger partial charge in [0, 0.05) is 10.6 Å². The van der Waals surface area contributed by atoms with Crippen molar-refractivity contribution in [3.8, 4) is 12.1 Å². The fraction of sp³-hybridized carbons (Fsp3) is 0.182. The molecule has 0 aliphatic carbocycles. The van der Waals surface area contributed by atoms with E-state index in [1.165, 1.54) is 6.07 Å². The van der Waals surface area contributed by atoms with Gasteiger partial charge in [-0.05, 0) is 24.6 Å². The van der Waals surface area contributed by atoms with Crippen LogP contribution in [-0.2, 0) is 0 Å². The summed E-state index contributed by atoms with van der Waals surface area (Å²) in [7, 11) is 0. The first-order chi connectivity index (χ1) is 7.10. The normalized spacial score (nSPS) is 9.40. The van der Waals surface area contributed by atoms with E-state index in [2.05, 4.69) is 0 Å². The topological polar surface area (TPSA) is 64.7 Å². The molecule has 0 N–H and O–H groups in total. The van der Waals surface area contributed by atoms with Crippen molar-refractivity contribution in [2.45, 2.75) is 6.92 Å². The van der Waals surface area contributed by atoms with E-state index in [4.69, 9.17) is 22.1 Å². The Kier molecular flexibility index (Phi) is 3.44. The molecule has 1 rings (SSSR count). The summed E-state index contributed by atoms with van der Waals surface area (Å²) in [5.41, 5.74) is 1.04. The molecule has 0 atom stereocenters. The first-order valence-electron chi connectivity index (χ1n) is 4.19. The zero-order valence-corrected chi connectivity index (χ0v) is 8.75. The number of hydrogen-bond acceptors (Lipinski definition) is 3. The molecule has 74 valence electrons. The lowest BCUT2D eigenvalue weighted by atomic mass is 9.96. The summed E-state index contributed by atoms with van der Waals surface area (Å²) in [4.78, 5) is 11.7. The third-order valence-corrected chi connectivity index (χ3v) is 2.22. The summed E-state index contributed by atoms with van der Waals surface area (Å²) in [6, 6.07) is 8.10. The Balaban J connectivity index is 3.18. The molecule has 0 aliphatic heterocycles. The van der Waals surface area contributed by atoms with Gasteiger partial charge in [-0.1, -0.05) is 17.7 Å². The van der Waals surface area contributed by atoms with Crippen LogP contribution < -0.4 is 0 Å². The number of rotatable bonds is 2. The van der Waals surface area contributed by atoms with Crippen LogP contribution in [0.2, 0.25) is 5.02 Å². The number of carbonyl (C=O) groups is 1. The van der Waals surface area contributed by atoms with Crippen LogP contribution in [-0.4, -0.2) is 5.78 Å². The largest absolute Gasteiger partial charge is 0.291 e. The van der Waals surface area contributed by atoms with Crippen LogP contribution in [0, 0.1) is 35.5 Å². The number of aryl methyl sites for hydroxylation is 1. The minimum absolute atomic E-state index is 0.329. The lowest BCUT2D eigenvalue weighted by Crippen LogP contribution is -2.12. The predicted molar refractivity (Wildman–Crippen MR) is 55.2 cm³/mol. The first-order valence-corrected chi connectivity index (χ1v) is 4.57. The molecule has 1 aromatic carbocycles. The Labute approximate surface area is 92.5 Å². The molecule has 1 aromatic rings. The van der Waals surface area contributed by atoms with Gasteiger partial charge in [-0.15, -0.1) is 0 Å². The highest BCUT2D eigenvalue weighted by atomic mass is 35.5. The quantitative estimate of drug-likeness (QED) is 0.717. The van der Waals surface area contributed by atoms with Gasteiger partial charge in [0.15, 0.2) is 11.7 Å². The molecule has 0 saturated heterocycles. The maximum Gasteiger partial charge on any atom is 0.195 e. The van der Waals surface area contributed by atoms with Gasteiger partial charge >= 0.3 is 0 Å². The van der Waals surface area contributed by atoms with E-state index in [1.807, 2.05) is 0 Å². The van der Waals surface area contributed by atoms with E-state index in [1.54, 1.807) is 31.2 Å². The lowest BCUT2D eigenvalue weighted by molar-refractivity contribution is 0.0970. The molecule has 0 heterocycles. The van der Waals surface area contributed by atoms with E-state index in [9.17, 15) is 4.79 Å². The highest BCUT2D eigenvalue weighted by Gasteiger charge is 2.20. The second-order valence-corrected chi connectivity index (χ2v) is 3.45. The second-order valence-electron chi connectivity index (χ2n) is 3.01. The summed E-state index contributed by atoms with van der Waals surface area (Å²) in [6.45, 7) is 1.73. The fourth-order valence-corrected chi connectivity index (χ4v) is 1.33. The Bertz CT molecular complexity index is 468. The molecule has 3 nitrogen and oxygen atoms in total. The monoisotopic (exact) mass is 218 g/mol. The molecule has 0 fully saturated rings. The van der Waals surface area contributed by atoms with Gasteiger partial charge in [-0.25, -0.2) is 0 Å². The third kappa shape index (κ3) is 2.34. The Hall–Kier alpha value is -1.84. The summed E-state index contributed by atoms with van der Waals surface area (Å²) in [6.07, 6.45) is 0. The number of benzene rings is 1. The van der Waals surface area contributed by atoms with Crippen LogP contribution in [0.5, 0.6) is 0 Å². The number of Topliss-reactive ketones (excluding diaryl/α,β-unsaturated/α-hetero) is 1. The van der Waals surface area contributed by atoms with Gasteiger partial charge in [0.2, 0.25) is 0 Å². The Morgan fingerprint density at radius 2 is 2.00 bits per heavy atom. The molecule has 0 unspecified atom stereocenters. The minimum Gasteiger partial charge on any atom is -0.291 e. The van der Waals surface area contributed by atoms with Crippen molar-refractivity contribution in [1.29, 1.82) is 10.5 Å². The average Bonchev–Trinajstić information content (AvgIpc) is 2.23. The van der Waals surface area contributed by atoms with Crippen molar-refractivity contribution in [3.63, 3.8) is 0 Å². The van der Waals surface area contributed by atoms with Crippen molar-refractivity contribution in [2.75, 3.05) is 0 Å². The van der Waals surface area contributed by atoms with Gasteiger partial charge in [-0.2, -0.15) is 10.5 Å². The smallest absolute Gasteiger partial charge is 0.195 e. The van der Waals surface area contributed by atoms with Gasteiger partial charge in [0.1, 0.15) is 0 Å². The number of ketones is 1. The summed E-state index contributed by atoms with van der Waals surface area (Å²) >= 11 is 5.73. The molecule has 0 bridgehead atoms. The van der Waals surface area contributed by atoms with Gasteiger partial charge in [0.25, 0.3) is 0 Å². The maximum atomic E-state index is 11.7. The van der Waals surface area contributed by atoms with Gasteiger partial charge in [0.05, 0.1) is 12.1 Å². The number of halogens is 1. The van der Waals surface area contributed by atoms with Crippen LogP contribution in [0.25, 0.3) is 0 Å². The predicted octanol–water partition coefficient (Wildman–Crippen LogP) is 2.49. The van der Waals surface area contributed by atoms with Crippen molar-refractivity contribution in [2.24, 2.45) is 5.92 Å². The van der Waals surface area contributed by atoms with Crippen LogP contribution in [0.1, 0.15) is 15.9 Å². The zero-order chi connectivity index (χ0) is 11.4. The first kappa shape index (κ1) is 11.2. The van der Waals surface area contributed by atoms with E-state index >= 15 is 0 Å². The zero-order valence-electron chi connectivity index (χ0n) is 7.99. The Morgan fingerprint density at radius 3 is 2.53 bits per heavy atom. The standard InChI is InChI=1S/C11H7ClN2O/c1-7-2-3-9(12)4-10(7)11(15)8(5-13)6-14/h2-4,8H,1H3. The summed E-state index contributed by atoms with van der Waals surface area (Å²) < 4.78 is 0. The van der Waals surface area contributed by atoms with Gasteiger partial charge < -0.3 is 0 Å². The molecule has 0 aliphatic rings.